The number of aromatic nitrogens is 1. The van der Waals surface area contributed by atoms with Crippen LogP contribution >= 0.6 is 12.4 Å². The zero-order valence-electron chi connectivity index (χ0n) is 15.4. The fourth-order valence-corrected chi connectivity index (χ4v) is 3.41. The Bertz CT molecular complexity index is 899. The fourth-order valence-electron chi connectivity index (χ4n) is 3.41. The van der Waals surface area contributed by atoms with Gasteiger partial charge in [-0.25, -0.2) is 0 Å². The molecule has 0 unspecified atom stereocenters. The molecule has 0 aliphatic heterocycles. The Kier molecular flexibility index (Phi) is 6.46. The number of benzene rings is 2. The zero-order valence-corrected chi connectivity index (χ0v) is 16.2. The van der Waals surface area contributed by atoms with Gasteiger partial charge in [-0.05, 0) is 50.3 Å². The number of phenols is 1. The minimum absolute atomic E-state index is 0. The van der Waals surface area contributed by atoms with Crippen LogP contribution in [0.25, 0.3) is 16.6 Å². The number of halogens is 1. The number of carbonyl (C=O) groups is 1. The first kappa shape index (κ1) is 20.0. The Morgan fingerprint density at radius 3 is 2.31 bits per heavy atom. The third-order valence-electron chi connectivity index (χ3n) is 4.68. The highest BCUT2D eigenvalue weighted by Crippen LogP contribution is 2.33. The molecule has 3 rings (SSSR count). The summed E-state index contributed by atoms with van der Waals surface area (Å²) in [4.78, 5) is 14.8. The first-order valence-corrected chi connectivity index (χ1v) is 8.71. The lowest BCUT2D eigenvalue weighted by Gasteiger charge is -2.21. The molecule has 0 saturated heterocycles. The van der Waals surface area contributed by atoms with Gasteiger partial charge in [-0.3, -0.25) is 9.69 Å². The minimum Gasteiger partial charge on any atom is -0.508 e. The zero-order chi connectivity index (χ0) is 18.0. The summed E-state index contributed by atoms with van der Waals surface area (Å²) in [6, 6.07) is 15.3. The first-order valence-electron chi connectivity index (χ1n) is 8.71. The molecule has 0 amide bonds. The Morgan fingerprint density at radius 2 is 1.73 bits per heavy atom. The van der Waals surface area contributed by atoms with Crippen molar-refractivity contribution in [1.82, 2.24) is 9.47 Å². The molecule has 4 nitrogen and oxygen atoms in total. The normalized spacial score (nSPS) is 10.9. The summed E-state index contributed by atoms with van der Waals surface area (Å²) in [6.45, 7) is 8.35. The van der Waals surface area contributed by atoms with Gasteiger partial charge in [0.2, 0.25) is 0 Å². The molecule has 0 radical (unpaired) electrons. The molecule has 1 aromatic heterocycles. The molecule has 0 fully saturated rings. The molecule has 5 heteroatoms. The van der Waals surface area contributed by atoms with Crippen LogP contribution in [0.2, 0.25) is 0 Å². The van der Waals surface area contributed by atoms with Crippen LogP contribution in [-0.4, -0.2) is 33.4 Å². The summed E-state index contributed by atoms with van der Waals surface area (Å²) in [7, 11) is 0. The van der Waals surface area contributed by atoms with Gasteiger partial charge in [0, 0.05) is 28.9 Å². The van der Waals surface area contributed by atoms with E-state index in [0.29, 0.717) is 12.1 Å². The highest BCUT2D eigenvalue weighted by molar-refractivity contribution is 6.09. The first-order chi connectivity index (χ1) is 12.1. The van der Waals surface area contributed by atoms with Crippen molar-refractivity contribution in [3.8, 4) is 11.4 Å². The highest BCUT2D eigenvalue weighted by atomic mass is 35.5. The topological polar surface area (TPSA) is 45.5 Å². The number of carbonyl (C=O) groups excluding carboxylic acids is 1. The number of ketones is 1. The van der Waals surface area contributed by atoms with Gasteiger partial charge in [0.1, 0.15) is 5.75 Å². The Labute approximate surface area is 160 Å². The van der Waals surface area contributed by atoms with Crippen LogP contribution in [0.3, 0.4) is 0 Å². The number of hydrogen-bond acceptors (Lipinski definition) is 3. The number of fused-ring (bicyclic) bond motifs is 1. The van der Waals surface area contributed by atoms with E-state index in [1.165, 1.54) is 0 Å². The number of hydrogen-bond donors (Lipinski definition) is 1. The number of nitrogens with zero attached hydrogens (tertiary/aromatic N) is 2. The van der Waals surface area contributed by atoms with Crippen molar-refractivity contribution in [1.29, 1.82) is 0 Å². The molecule has 1 heterocycles. The summed E-state index contributed by atoms with van der Waals surface area (Å²) in [5.74, 6) is 0.196. The largest absolute Gasteiger partial charge is 0.508 e. The van der Waals surface area contributed by atoms with Gasteiger partial charge in [0.05, 0.1) is 5.52 Å². The van der Waals surface area contributed by atoms with E-state index in [1.54, 1.807) is 19.1 Å². The summed E-state index contributed by atoms with van der Waals surface area (Å²) in [6.07, 6.45) is 0. The number of rotatable bonds is 6. The van der Waals surface area contributed by atoms with Crippen molar-refractivity contribution >= 4 is 29.1 Å². The van der Waals surface area contributed by atoms with E-state index < -0.39 is 0 Å². The molecule has 0 atom stereocenters. The quantitative estimate of drug-likeness (QED) is 0.632. The van der Waals surface area contributed by atoms with E-state index in [9.17, 15) is 9.90 Å². The summed E-state index contributed by atoms with van der Waals surface area (Å²) in [5.41, 5.74) is 3.63. The third-order valence-corrected chi connectivity index (χ3v) is 4.68. The van der Waals surface area contributed by atoms with Crippen molar-refractivity contribution in [2.75, 3.05) is 13.1 Å². The van der Waals surface area contributed by atoms with Gasteiger partial charge in [-0.1, -0.05) is 32.0 Å². The van der Waals surface area contributed by atoms with Gasteiger partial charge in [0.15, 0.2) is 5.78 Å². The number of para-hydroxylation sites is 1. The Morgan fingerprint density at radius 1 is 1.08 bits per heavy atom. The van der Waals surface area contributed by atoms with Gasteiger partial charge in [0.25, 0.3) is 0 Å². The smallest absolute Gasteiger partial charge is 0.162 e. The Balaban J connectivity index is 0.00000243. The maximum Gasteiger partial charge on any atom is 0.162 e. The van der Waals surface area contributed by atoms with Crippen LogP contribution in [0.5, 0.6) is 5.75 Å². The molecular formula is C21H25ClN2O2. The molecule has 0 spiro atoms. The average Bonchev–Trinajstić information content (AvgIpc) is 2.93. The average molecular weight is 373 g/mol. The van der Waals surface area contributed by atoms with Crippen molar-refractivity contribution in [2.24, 2.45) is 0 Å². The van der Waals surface area contributed by atoms with Crippen LogP contribution in [0.4, 0.5) is 0 Å². The minimum atomic E-state index is 0. The van der Waals surface area contributed by atoms with Crippen molar-refractivity contribution in [3.63, 3.8) is 0 Å². The van der Waals surface area contributed by atoms with Crippen LogP contribution in [-0.2, 0) is 6.54 Å². The fraction of sp³-hybridized carbons (Fsp3) is 0.286. The molecule has 0 aliphatic carbocycles. The van der Waals surface area contributed by atoms with Crippen LogP contribution in [0.15, 0.2) is 48.5 Å². The van der Waals surface area contributed by atoms with Gasteiger partial charge >= 0.3 is 0 Å². The van der Waals surface area contributed by atoms with E-state index >= 15 is 0 Å². The van der Waals surface area contributed by atoms with Crippen molar-refractivity contribution in [2.45, 2.75) is 27.3 Å². The molecule has 3 aromatic rings. The standard InChI is InChI=1S/C21H24N2O2.ClH/c1-4-22(5-2)14-20-21(15(3)24)18-13-17(25)11-12-19(18)23(20)16-9-7-6-8-10-16;/h6-13,25H,4-5,14H2,1-3H3;1H. The maximum absolute atomic E-state index is 12.5. The molecule has 0 aliphatic rings. The van der Waals surface area contributed by atoms with Gasteiger partial charge < -0.3 is 9.67 Å². The molecular weight excluding hydrogens is 348 g/mol. The van der Waals surface area contributed by atoms with Crippen molar-refractivity contribution < 1.29 is 9.90 Å². The SMILES string of the molecule is CCN(CC)Cc1c(C(C)=O)c2cc(O)ccc2n1-c1ccccc1.Cl. The lowest BCUT2D eigenvalue weighted by Crippen LogP contribution is -2.24. The van der Waals surface area contributed by atoms with E-state index in [-0.39, 0.29) is 23.9 Å². The van der Waals surface area contributed by atoms with E-state index in [1.807, 2.05) is 36.4 Å². The second kappa shape index (κ2) is 8.39. The Hall–Kier alpha value is -2.30. The third kappa shape index (κ3) is 3.62. The number of phenolic OH excluding ortho intramolecular Hbond substituents is 1. The predicted octanol–water partition coefficient (Wildman–Crippen LogP) is 4.80. The second-order valence-electron chi connectivity index (χ2n) is 6.21. The molecule has 0 bridgehead atoms. The van der Waals surface area contributed by atoms with E-state index in [4.69, 9.17) is 0 Å². The van der Waals surface area contributed by atoms with Gasteiger partial charge in [-0.15, -0.1) is 12.4 Å². The second-order valence-corrected chi connectivity index (χ2v) is 6.21. The molecule has 138 valence electrons. The van der Waals surface area contributed by atoms with E-state index in [2.05, 4.69) is 23.3 Å². The summed E-state index contributed by atoms with van der Waals surface area (Å²) in [5, 5.41) is 10.8. The molecule has 26 heavy (non-hydrogen) atoms. The lowest BCUT2D eigenvalue weighted by molar-refractivity contribution is 0.101. The highest BCUT2D eigenvalue weighted by Gasteiger charge is 2.22. The lowest BCUT2D eigenvalue weighted by atomic mass is 10.1. The van der Waals surface area contributed by atoms with Crippen LogP contribution < -0.4 is 0 Å². The molecule has 1 N–H and O–H groups in total. The maximum atomic E-state index is 12.5. The summed E-state index contributed by atoms with van der Waals surface area (Å²) >= 11 is 0. The van der Waals surface area contributed by atoms with Crippen LogP contribution in [0, 0.1) is 0 Å². The summed E-state index contributed by atoms with van der Waals surface area (Å²) < 4.78 is 2.14. The van der Waals surface area contributed by atoms with Crippen molar-refractivity contribution in [3.05, 3.63) is 59.8 Å². The number of Topliss-reactive ketones (excluding diaryl/α,β-unsaturated/α-hetero) is 1. The van der Waals surface area contributed by atoms with E-state index in [0.717, 1.165) is 35.4 Å². The van der Waals surface area contributed by atoms with Crippen LogP contribution in [0.1, 0.15) is 36.8 Å². The molecule has 0 saturated carbocycles. The van der Waals surface area contributed by atoms with Gasteiger partial charge in [-0.2, -0.15) is 0 Å². The number of aromatic hydroxyl groups is 1. The monoisotopic (exact) mass is 372 g/mol. The predicted molar refractivity (Wildman–Crippen MR) is 109 cm³/mol. The molecule has 2 aromatic carbocycles.